The molecule has 0 aromatic rings. The minimum Gasteiger partial charge on any atom is -0.377 e. The van der Waals surface area contributed by atoms with Crippen molar-refractivity contribution in [2.45, 2.75) is 85.3 Å². The molecule has 0 heterocycles. The quantitative estimate of drug-likeness (QED) is 0.524. The summed E-state index contributed by atoms with van der Waals surface area (Å²) in [6, 6.07) is 0.503. The fourth-order valence-electron chi connectivity index (χ4n) is 2.03. The second-order valence-electron chi connectivity index (χ2n) is 5.80. The molecule has 0 radical (unpaired) electrons. The largest absolute Gasteiger partial charge is 0.377 e. The molecule has 110 valence electrons. The molecule has 0 aliphatic rings. The average molecular weight is 257 g/mol. The zero-order chi connectivity index (χ0) is 13.8. The highest BCUT2D eigenvalue weighted by molar-refractivity contribution is 4.70. The number of rotatable bonds is 12. The summed E-state index contributed by atoms with van der Waals surface area (Å²) in [6.07, 6.45) is 8.14. The molecule has 0 amide bonds. The van der Waals surface area contributed by atoms with Crippen LogP contribution in [0, 0.1) is 5.92 Å². The van der Waals surface area contributed by atoms with Crippen molar-refractivity contribution in [3.63, 3.8) is 0 Å². The lowest BCUT2D eigenvalue weighted by atomic mass is 10.1. The lowest BCUT2D eigenvalue weighted by Crippen LogP contribution is -2.39. The average Bonchev–Trinajstić information content (AvgIpc) is 2.34. The van der Waals surface area contributed by atoms with Crippen molar-refractivity contribution in [3.8, 4) is 0 Å². The first-order chi connectivity index (χ1) is 8.61. The number of unbranched alkanes of at least 4 members (excludes halogenated alkanes) is 3. The highest BCUT2D eigenvalue weighted by atomic mass is 16.5. The molecule has 1 N–H and O–H groups in total. The summed E-state index contributed by atoms with van der Waals surface area (Å²) >= 11 is 0. The molecule has 0 spiro atoms. The van der Waals surface area contributed by atoms with Gasteiger partial charge in [0.2, 0.25) is 0 Å². The van der Waals surface area contributed by atoms with Gasteiger partial charge in [0, 0.05) is 6.04 Å². The smallest absolute Gasteiger partial charge is 0.0625 e. The van der Waals surface area contributed by atoms with Gasteiger partial charge in [-0.05, 0) is 32.2 Å². The van der Waals surface area contributed by atoms with Gasteiger partial charge in [0.05, 0.1) is 12.7 Å². The van der Waals surface area contributed by atoms with Gasteiger partial charge < -0.3 is 10.1 Å². The van der Waals surface area contributed by atoms with E-state index in [0.717, 1.165) is 13.2 Å². The summed E-state index contributed by atoms with van der Waals surface area (Å²) < 4.78 is 5.98. The number of hydrogen-bond acceptors (Lipinski definition) is 2. The van der Waals surface area contributed by atoms with Crippen LogP contribution in [0.5, 0.6) is 0 Å². The molecule has 0 aromatic heterocycles. The van der Waals surface area contributed by atoms with Gasteiger partial charge in [0.1, 0.15) is 0 Å². The second kappa shape index (κ2) is 12.0. The summed E-state index contributed by atoms with van der Waals surface area (Å²) in [4.78, 5) is 0. The first kappa shape index (κ1) is 17.9. The van der Waals surface area contributed by atoms with Crippen LogP contribution in [-0.4, -0.2) is 25.3 Å². The Bertz CT molecular complexity index is 170. The maximum atomic E-state index is 5.98. The molecule has 2 heteroatoms. The second-order valence-corrected chi connectivity index (χ2v) is 5.80. The van der Waals surface area contributed by atoms with Gasteiger partial charge >= 0.3 is 0 Å². The van der Waals surface area contributed by atoms with Gasteiger partial charge in [-0.1, -0.05) is 53.4 Å². The van der Waals surface area contributed by atoms with Crippen molar-refractivity contribution in [2.75, 3.05) is 13.2 Å². The van der Waals surface area contributed by atoms with Gasteiger partial charge in [0.15, 0.2) is 0 Å². The van der Waals surface area contributed by atoms with Crippen LogP contribution in [-0.2, 0) is 4.74 Å². The van der Waals surface area contributed by atoms with Crippen molar-refractivity contribution < 1.29 is 4.74 Å². The molecular weight excluding hydrogens is 222 g/mol. The summed E-state index contributed by atoms with van der Waals surface area (Å²) in [5.74, 6) is 0.642. The lowest BCUT2D eigenvalue weighted by molar-refractivity contribution is 0.0349. The van der Waals surface area contributed by atoms with Crippen LogP contribution in [0.3, 0.4) is 0 Å². The number of hydrogen-bond donors (Lipinski definition) is 1. The van der Waals surface area contributed by atoms with Crippen LogP contribution in [0.2, 0.25) is 0 Å². The van der Waals surface area contributed by atoms with E-state index in [9.17, 15) is 0 Å². The molecule has 0 saturated heterocycles. The molecule has 0 rings (SSSR count). The Kier molecular flexibility index (Phi) is 11.9. The Balaban J connectivity index is 3.67. The standard InChI is InChI=1S/C16H35NO/c1-6-8-9-10-11-15(5)18-13-16(14(3)4)17-12-7-2/h14-17H,6-13H2,1-5H3. The van der Waals surface area contributed by atoms with E-state index in [1.54, 1.807) is 0 Å². The molecule has 0 fully saturated rings. The van der Waals surface area contributed by atoms with Crippen LogP contribution < -0.4 is 5.32 Å². The van der Waals surface area contributed by atoms with E-state index < -0.39 is 0 Å². The van der Waals surface area contributed by atoms with Gasteiger partial charge in [0.25, 0.3) is 0 Å². The summed E-state index contributed by atoms with van der Waals surface area (Å²) in [5.41, 5.74) is 0. The third-order valence-corrected chi connectivity index (χ3v) is 3.49. The monoisotopic (exact) mass is 257 g/mol. The van der Waals surface area contributed by atoms with Crippen LogP contribution >= 0.6 is 0 Å². The normalized spacial score (nSPS) is 15.0. The first-order valence-corrected chi connectivity index (χ1v) is 7.96. The number of ether oxygens (including phenoxy) is 1. The third kappa shape index (κ3) is 9.90. The van der Waals surface area contributed by atoms with Crippen LogP contribution in [0.15, 0.2) is 0 Å². The predicted molar refractivity (Wildman–Crippen MR) is 81.1 cm³/mol. The Hall–Kier alpha value is -0.0800. The topological polar surface area (TPSA) is 21.3 Å². The van der Waals surface area contributed by atoms with E-state index in [2.05, 4.69) is 39.9 Å². The molecule has 0 bridgehead atoms. The summed E-state index contributed by atoms with van der Waals surface area (Å²) in [5, 5.41) is 3.58. The van der Waals surface area contributed by atoms with Crippen molar-refractivity contribution in [2.24, 2.45) is 5.92 Å². The Morgan fingerprint density at radius 3 is 2.22 bits per heavy atom. The van der Waals surface area contributed by atoms with Gasteiger partial charge in [-0.15, -0.1) is 0 Å². The van der Waals surface area contributed by atoms with Crippen molar-refractivity contribution in [1.29, 1.82) is 0 Å². The van der Waals surface area contributed by atoms with Crippen molar-refractivity contribution in [1.82, 2.24) is 5.32 Å². The Morgan fingerprint density at radius 2 is 1.67 bits per heavy atom. The van der Waals surface area contributed by atoms with E-state index in [0.29, 0.717) is 18.1 Å². The zero-order valence-corrected chi connectivity index (χ0v) is 13.3. The van der Waals surface area contributed by atoms with Gasteiger partial charge in [-0.2, -0.15) is 0 Å². The van der Waals surface area contributed by atoms with E-state index in [1.165, 1.54) is 38.5 Å². The Labute approximate surface area is 115 Å². The molecule has 0 saturated carbocycles. The highest BCUT2D eigenvalue weighted by Crippen LogP contribution is 2.10. The molecule has 0 aliphatic heterocycles. The zero-order valence-electron chi connectivity index (χ0n) is 13.3. The lowest BCUT2D eigenvalue weighted by Gasteiger charge is -2.24. The molecule has 2 unspecified atom stereocenters. The van der Waals surface area contributed by atoms with Crippen LogP contribution in [0.25, 0.3) is 0 Å². The van der Waals surface area contributed by atoms with E-state index in [-0.39, 0.29) is 0 Å². The van der Waals surface area contributed by atoms with Crippen LogP contribution in [0.1, 0.15) is 73.1 Å². The first-order valence-electron chi connectivity index (χ1n) is 7.96. The van der Waals surface area contributed by atoms with Gasteiger partial charge in [-0.25, -0.2) is 0 Å². The minimum absolute atomic E-state index is 0.409. The predicted octanol–water partition coefficient (Wildman–Crippen LogP) is 4.39. The molecule has 2 nitrogen and oxygen atoms in total. The maximum absolute atomic E-state index is 5.98. The number of nitrogens with one attached hydrogen (secondary N) is 1. The Morgan fingerprint density at radius 1 is 0.944 bits per heavy atom. The van der Waals surface area contributed by atoms with E-state index in [1.807, 2.05) is 0 Å². The highest BCUT2D eigenvalue weighted by Gasteiger charge is 2.14. The molecule has 0 aliphatic carbocycles. The molecule has 0 aromatic carbocycles. The molecule has 2 atom stereocenters. The molecular formula is C16H35NO. The van der Waals surface area contributed by atoms with Crippen molar-refractivity contribution >= 4 is 0 Å². The summed E-state index contributed by atoms with van der Waals surface area (Å²) in [6.45, 7) is 13.2. The SMILES string of the molecule is CCCCCCC(C)OCC(NCCC)C(C)C. The van der Waals surface area contributed by atoms with Gasteiger partial charge in [-0.3, -0.25) is 0 Å². The summed E-state index contributed by atoms with van der Waals surface area (Å²) in [7, 11) is 0. The molecule has 18 heavy (non-hydrogen) atoms. The van der Waals surface area contributed by atoms with E-state index >= 15 is 0 Å². The van der Waals surface area contributed by atoms with Crippen LogP contribution in [0.4, 0.5) is 0 Å². The van der Waals surface area contributed by atoms with Crippen molar-refractivity contribution in [3.05, 3.63) is 0 Å². The third-order valence-electron chi connectivity index (χ3n) is 3.49. The minimum atomic E-state index is 0.409. The fourth-order valence-corrected chi connectivity index (χ4v) is 2.03. The van der Waals surface area contributed by atoms with E-state index in [4.69, 9.17) is 4.74 Å². The fraction of sp³-hybridized carbons (Fsp3) is 1.00. The maximum Gasteiger partial charge on any atom is 0.0625 e.